The Hall–Kier alpha value is -1.92. The number of hydrogen-bond acceptors (Lipinski definition) is 9. The Labute approximate surface area is 201 Å². The van der Waals surface area contributed by atoms with E-state index in [1.165, 1.54) is 20.8 Å². The quantitative estimate of drug-likeness (QED) is 0.169. The van der Waals surface area contributed by atoms with Crippen molar-refractivity contribution in [3.63, 3.8) is 0 Å². The van der Waals surface area contributed by atoms with Crippen molar-refractivity contribution in [3.05, 3.63) is 0 Å². The van der Waals surface area contributed by atoms with E-state index in [4.69, 9.17) is 13.7 Å². The summed E-state index contributed by atoms with van der Waals surface area (Å²) in [5.74, 6) is -2.14. The first-order valence-electron chi connectivity index (χ1n) is 11.7. The van der Waals surface area contributed by atoms with E-state index in [2.05, 4.69) is 5.32 Å². The van der Waals surface area contributed by atoms with Crippen LogP contribution in [0.15, 0.2) is 0 Å². The van der Waals surface area contributed by atoms with Gasteiger partial charge in [0.2, 0.25) is 5.91 Å². The van der Waals surface area contributed by atoms with Crippen molar-refractivity contribution in [1.29, 1.82) is 0 Å². The lowest BCUT2D eigenvalue weighted by molar-refractivity contribution is -0.177. The van der Waals surface area contributed by atoms with Gasteiger partial charge in [-0.25, -0.2) is 9.59 Å². The molecule has 12 heteroatoms. The molecule has 0 radical (unpaired) electrons. The van der Waals surface area contributed by atoms with Crippen molar-refractivity contribution in [1.82, 2.24) is 5.32 Å². The summed E-state index contributed by atoms with van der Waals surface area (Å²) in [7, 11) is -3.98. The number of carboxylic acid groups (broad SMARTS) is 1. The molecule has 0 unspecified atom stereocenters. The summed E-state index contributed by atoms with van der Waals surface area (Å²) in [6, 6.07) is 0. The number of amides is 1. The van der Waals surface area contributed by atoms with Crippen LogP contribution in [0, 0.1) is 5.41 Å². The molecule has 3 N–H and O–H groups in total. The Morgan fingerprint density at radius 1 is 1.06 bits per heavy atom. The third-order valence-corrected chi connectivity index (χ3v) is 7.25. The summed E-state index contributed by atoms with van der Waals surface area (Å²) in [6.07, 6.45) is 4.39. The second-order valence-electron chi connectivity index (χ2n) is 9.34. The molecule has 1 aliphatic carbocycles. The van der Waals surface area contributed by atoms with E-state index < -0.39 is 39.9 Å². The first-order chi connectivity index (χ1) is 15.8. The van der Waals surface area contributed by atoms with E-state index >= 15 is 0 Å². The molecule has 1 fully saturated rings. The largest absolute Gasteiger partial charge is 0.508 e. The predicted molar refractivity (Wildman–Crippen MR) is 123 cm³/mol. The number of ether oxygens (including phenoxy) is 2. The number of rotatable bonds is 15. The number of aliphatic carboxylic acids is 1. The highest BCUT2D eigenvalue weighted by Gasteiger charge is 2.50. The number of unbranched alkanes of at least 4 members (excludes halogenated alkanes) is 1. The standard InChI is InChI=1S/C22H39NO10S/c1-17(24)23-13-9-15-34(29,30)32-16-21(2,3)22(28,19(25)26)12-7-8-14-31-20(27)33-18-10-5-4-6-11-18/h18,28H,4-16H2,1-3H3,(H,23,24)(H,25,26)/t22-/m0/s1. The minimum Gasteiger partial charge on any atom is -0.479 e. The van der Waals surface area contributed by atoms with Crippen LogP contribution in [0.3, 0.4) is 0 Å². The molecule has 198 valence electrons. The average Bonchev–Trinajstić information content (AvgIpc) is 2.75. The van der Waals surface area contributed by atoms with E-state index in [1.54, 1.807) is 0 Å². The van der Waals surface area contributed by atoms with Crippen LogP contribution in [-0.4, -0.2) is 73.9 Å². The maximum Gasteiger partial charge on any atom is 0.508 e. The van der Waals surface area contributed by atoms with Gasteiger partial charge in [-0.15, -0.1) is 0 Å². The van der Waals surface area contributed by atoms with Gasteiger partial charge in [0.15, 0.2) is 5.60 Å². The van der Waals surface area contributed by atoms with Gasteiger partial charge in [-0.05, 0) is 51.4 Å². The lowest BCUT2D eigenvalue weighted by Gasteiger charge is -2.39. The summed E-state index contributed by atoms with van der Waals surface area (Å²) in [5.41, 5.74) is -3.70. The van der Waals surface area contributed by atoms with Crippen molar-refractivity contribution in [2.75, 3.05) is 25.5 Å². The molecule has 0 aromatic carbocycles. The van der Waals surface area contributed by atoms with Crippen molar-refractivity contribution < 1.29 is 46.7 Å². The van der Waals surface area contributed by atoms with Gasteiger partial charge in [-0.1, -0.05) is 20.3 Å². The van der Waals surface area contributed by atoms with Crippen LogP contribution in [-0.2, 0) is 33.4 Å². The smallest absolute Gasteiger partial charge is 0.479 e. The molecular weight excluding hydrogens is 470 g/mol. The molecule has 0 saturated heterocycles. The summed E-state index contributed by atoms with van der Waals surface area (Å²) in [6.45, 7) is 3.77. The fraction of sp³-hybridized carbons (Fsp3) is 0.864. The van der Waals surface area contributed by atoms with Crippen molar-refractivity contribution in [2.24, 2.45) is 5.41 Å². The molecule has 1 rings (SSSR count). The lowest BCUT2D eigenvalue weighted by Crippen LogP contribution is -2.53. The summed E-state index contributed by atoms with van der Waals surface area (Å²) >= 11 is 0. The highest BCUT2D eigenvalue weighted by molar-refractivity contribution is 7.86. The van der Waals surface area contributed by atoms with Crippen LogP contribution in [0.5, 0.6) is 0 Å². The third-order valence-electron chi connectivity index (χ3n) is 5.99. The van der Waals surface area contributed by atoms with E-state index in [1.807, 2.05) is 0 Å². The van der Waals surface area contributed by atoms with Crippen molar-refractivity contribution >= 4 is 28.1 Å². The molecule has 1 amide bonds. The fourth-order valence-electron chi connectivity index (χ4n) is 3.66. The number of nitrogens with one attached hydrogen (secondary N) is 1. The molecule has 0 aromatic heterocycles. The summed E-state index contributed by atoms with van der Waals surface area (Å²) in [4.78, 5) is 34.5. The maximum absolute atomic E-state index is 12.1. The Morgan fingerprint density at radius 2 is 1.71 bits per heavy atom. The van der Waals surface area contributed by atoms with E-state index in [0.717, 1.165) is 32.1 Å². The van der Waals surface area contributed by atoms with Gasteiger partial charge >= 0.3 is 12.1 Å². The highest BCUT2D eigenvalue weighted by Crippen LogP contribution is 2.36. The Balaban J connectivity index is 2.47. The Bertz CT molecular complexity index is 777. The average molecular weight is 510 g/mol. The Morgan fingerprint density at radius 3 is 2.29 bits per heavy atom. The van der Waals surface area contributed by atoms with Crippen LogP contribution >= 0.6 is 0 Å². The Kier molecular flexibility index (Phi) is 12.3. The number of carbonyl (C=O) groups excluding carboxylic acids is 2. The number of carboxylic acids is 1. The van der Waals surface area contributed by atoms with Crippen molar-refractivity contribution in [2.45, 2.75) is 90.3 Å². The number of hydrogen-bond donors (Lipinski definition) is 3. The lowest BCUT2D eigenvalue weighted by atomic mass is 9.72. The first-order valence-corrected chi connectivity index (χ1v) is 13.3. The number of aliphatic hydroxyl groups is 1. The van der Waals surface area contributed by atoms with Gasteiger partial charge in [-0.2, -0.15) is 8.42 Å². The van der Waals surface area contributed by atoms with Crippen LogP contribution in [0.2, 0.25) is 0 Å². The zero-order chi connectivity index (χ0) is 25.8. The van der Waals surface area contributed by atoms with Gasteiger partial charge in [0.05, 0.1) is 19.0 Å². The molecule has 1 saturated carbocycles. The summed E-state index contributed by atoms with van der Waals surface area (Å²) in [5, 5.41) is 23.0. The predicted octanol–water partition coefficient (Wildman–Crippen LogP) is 2.36. The second-order valence-corrected chi connectivity index (χ2v) is 11.1. The van der Waals surface area contributed by atoms with Gasteiger partial charge < -0.3 is 25.0 Å². The van der Waals surface area contributed by atoms with Crippen LogP contribution in [0.25, 0.3) is 0 Å². The maximum atomic E-state index is 12.1. The van der Waals surface area contributed by atoms with Crippen LogP contribution in [0.1, 0.15) is 78.6 Å². The molecule has 0 spiro atoms. The van der Waals surface area contributed by atoms with Crippen LogP contribution in [0.4, 0.5) is 4.79 Å². The monoisotopic (exact) mass is 509 g/mol. The molecule has 0 bridgehead atoms. The molecule has 1 atom stereocenters. The van der Waals surface area contributed by atoms with Gasteiger partial charge in [0.1, 0.15) is 6.10 Å². The highest BCUT2D eigenvalue weighted by atomic mass is 32.2. The molecule has 0 aromatic rings. The first kappa shape index (κ1) is 30.1. The molecule has 1 aliphatic rings. The molecule has 11 nitrogen and oxygen atoms in total. The van der Waals surface area contributed by atoms with E-state index in [-0.39, 0.29) is 50.2 Å². The minimum absolute atomic E-state index is 0.0147. The zero-order valence-electron chi connectivity index (χ0n) is 20.3. The van der Waals surface area contributed by atoms with Gasteiger partial charge in [0, 0.05) is 18.9 Å². The minimum atomic E-state index is -3.98. The van der Waals surface area contributed by atoms with E-state index in [0.29, 0.717) is 6.42 Å². The molecule has 0 aliphatic heterocycles. The van der Waals surface area contributed by atoms with Gasteiger partial charge in [-0.3, -0.25) is 8.98 Å². The number of carbonyl (C=O) groups is 3. The fourth-order valence-corrected chi connectivity index (χ4v) is 4.74. The third kappa shape index (κ3) is 10.6. The second kappa shape index (κ2) is 13.8. The summed E-state index contributed by atoms with van der Waals surface area (Å²) < 4.78 is 39.5. The van der Waals surface area contributed by atoms with Gasteiger partial charge in [0.25, 0.3) is 10.1 Å². The van der Waals surface area contributed by atoms with Crippen LogP contribution < -0.4 is 5.32 Å². The SMILES string of the molecule is CC(=O)NCCCS(=O)(=O)OCC(C)(C)[C@](O)(CCCCOC(=O)OC1CCCCC1)C(=O)O. The van der Waals surface area contributed by atoms with Crippen molar-refractivity contribution in [3.8, 4) is 0 Å². The molecule has 34 heavy (non-hydrogen) atoms. The molecule has 0 heterocycles. The molecular formula is C22H39NO10S. The normalized spacial score (nSPS) is 16.9. The topological polar surface area (TPSA) is 166 Å². The zero-order valence-corrected chi connectivity index (χ0v) is 21.2. The van der Waals surface area contributed by atoms with E-state index in [9.17, 15) is 33.0 Å².